The average molecular weight is 358 g/mol. The summed E-state index contributed by atoms with van der Waals surface area (Å²) in [6, 6.07) is 22.2. The molecule has 0 radical (unpaired) electrons. The van der Waals surface area contributed by atoms with Crippen molar-refractivity contribution in [3.8, 4) is 0 Å². The molecule has 2 amide bonds. The van der Waals surface area contributed by atoms with Crippen molar-refractivity contribution < 1.29 is 9.59 Å². The molecule has 3 rings (SSSR count). The van der Waals surface area contributed by atoms with Gasteiger partial charge in [-0.3, -0.25) is 9.59 Å². The molecule has 4 nitrogen and oxygen atoms in total. The Labute approximate surface area is 159 Å². The lowest BCUT2D eigenvalue weighted by Crippen LogP contribution is -2.23. The summed E-state index contributed by atoms with van der Waals surface area (Å²) in [5.74, 6) is -0.361. The molecule has 3 aromatic carbocycles. The minimum atomic E-state index is -0.198. The van der Waals surface area contributed by atoms with Gasteiger partial charge in [-0.15, -0.1) is 0 Å². The van der Waals surface area contributed by atoms with E-state index in [1.54, 1.807) is 24.3 Å². The molecule has 0 atom stereocenters. The number of rotatable bonds is 5. The number of anilines is 1. The van der Waals surface area contributed by atoms with Crippen LogP contribution in [0.2, 0.25) is 0 Å². The first-order chi connectivity index (χ1) is 13.0. The molecule has 27 heavy (non-hydrogen) atoms. The third kappa shape index (κ3) is 4.61. The SMILES string of the molecule is Cc1ccccc1CNC(=O)c1ccc(C(=O)Nc2ccccc2C)cc1. The van der Waals surface area contributed by atoms with Crippen LogP contribution in [0, 0.1) is 13.8 Å². The summed E-state index contributed by atoms with van der Waals surface area (Å²) in [6.07, 6.45) is 0. The second kappa shape index (κ2) is 8.32. The molecule has 0 fully saturated rings. The number of nitrogens with one attached hydrogen (secondary N) is 2. The molecule has 2 N–H and O–H groups in total. The van der Waals surface area contributed by atoms with Crippen molar-refractivity contribution in [1.82, 2.24) is 5.32 Å². The van der Waals surface area contributed by atoms with Gasteiger partial charge in [0, 0.05) is 23.4 Å². The fraction of sp³-hybridized carbons (Fsp3) is 0.130. The smallest absolute Gasteiger partial charge is 0.255 e. The molecule has 4 heteroatoms. The van der Waals surface area contributed by atoms with Gasteiger partial charge in [-0.1, -0.05) is 42.5 Å². The normalized spacial score (nSPS) is 10.3. The van der Waals surface area contributed by atoms with Gasteiger partial charge in [0.15, 0.2) is 0 Å². The van der Waals surface area contributed by atoms with Crippen molar-refractivity contribution in [3.63, 3.8) is 0 Å². The van der Waals surface area contributed by atoms with Gasteiger partial charge in [-0.25, -0.2) is 0 Å². The summed E-state index contributed by atoms with van der Waals surface area (Å²) in [5.41, 5.74) is 5.03. The minimum Gasteiger partial charge on any atom is -0.348 e. The van der Waals surface area contributed by atoms with Crippen LogP contribution in [-0.4, -0.2) is 11.8 Å². The number of benzene rings is 3. The highest BCUT2D eigenvalue weighted by Crippen LogP contribution is 2.15. The predicted molar refractivity (Wildman–Crippen MR) is 108 cm³/mol. The van der Waals surface area contributed by atoms with E-state index in [2.05, 4.69) is 10.6 Å². The number of hydrogen-bond acceptors (Lipinski definition) is 2. The predicted octanol–water partition coefficient (Wildman–Crippen LogP) is 4.49. The summed E-state index contributed by atoms with van der Waals surface area (Å²) in [7, 11) is 0. The largest absolute Gasteiger partial charge is 0.348 e. The van der Waals surface area contributed by atoms with Crippen LogP contribution in [0.25, 0.3) is 0 Å². The van der Waals surface area contributed by atoms with Crippen molar-refractivity contribution >= 4 is 17.5 Å². The third-order valence-corrected chi connectivity index (χ3v) is 4.50. The van der Waals surface area contributed by atoms with Crippen LogP contribution in [0.15, 0.2) is 72.8 Å². The van der Waals surface area contributed by atoms with Gasteiger partial charge in [0.25, 0.3) is 11.8 Å². The van der Waals surface area contributed by atoms with Crippen molar-refractivity contribution in [1.29, 1.82) is 0 Å². The zero-order valence-corrected chi connectivity index (χ0v) is 15.5. The standard InChI is InChI=1S/C23H22N2O2/c1-16-7-3-5-9-20(16)15-24-22(26)18-11-13-19(14-12-18)23(27)25-21-10-6-4-8-17(21)2/h3-14H,15H2,1-2H3,(H,24,26)(H,25,27). The van der Waals surface area contributed by atoms with Crippen molar-refractivity contribution in [2.75, 3.05) is 5.32 Å². The fourth-order valence-electron chi connectivity index (χ4n) is 2.77. The molecule has 0 aromatic heterocycles. The van der Waals surface area contributed by atoms with Crippen LogP contribution in [0.3, 0.4) is 0 Å². The van der Waals surface area contributed by atoms with Crippen LogP contribution in [0.1, 0.15) is 37.4 Å². The molecule has 0 aliphatic rings. The Kier molecular flexibility index (Phi) is 5.67. The Morgan fingerprint density at radius 1 is 0.704 bits per heavy atom. The summed E-state index contributed by atoms with van der Waals surface area (Å²) in [5, 5.41) is 5.80. The topological polar surface area (TPSA) is 58.2 Å². The molecule has 0 spiro atoms. The zero-order chi connectivity index (χ0) is 19.2. The second-order valence-corrected chi connectivity index (χ2v) is 6.46. The molecule has 0 aliphatic carbocycles. The van der Waals surface area contributed by atoms with Crippen molar-refractivity contribution in [3.05, 3.63) is 101 Å². The quantitative estimate of drug-likeness (QED) is 0.706. The van der Waals surface area contributed by atoms with Crippen molar-refractivity contribution in [2.24, 2.45) is 0 Å². The molecular formula is C23H22N2O2. The van der Waals surface area contributed by atoms with E-state index in [9.17, 15) is 9.59 Å². The number of amides is 2. The first-order valence-electron chi connectivity index (χ1n) is 8.84. The Balaban J connectivity index is 1.62. The van der Waals surface area contributed by atoms with E-state index in [4.69, 9.17) is 0 Å². The first-order valence-corrected chi connectivity index (χ1v) is 8.84. The highest BCUT2D eigenvalue weighted by molar-refractivity contribution is 6.05. The van der Waals surface area contributed by atoms with Gasteiger partial charge >= 0.3 is 0 Å². The molecule has 136 valence electrons. The summed E-state index contributed by atoms with van der Waals surface area (Å²) >= 11 is 0. The Hall–Kier alpha value is -3.40. The van der Waals surface area contributed by atoms with Gasteiger partial charge < -0.3 is 10.6 Å². The van der Waals surface area contributed by atoms with E-state index < -0.39 is 0 Å². The zero-order valence-electron chi connectivity index (χ0n) is 15.5. The highest BCUT2D eigenvalue weighted by atomic mass is 16.2. The maximum absolute atomic E-state index is 12.4. The average Bonchev–Trinajstić information content (AvgIpc) is 2.69. The van der Waals surface area contributed by atoms with E-state index in [1.165, 1.54) is 0 Å². The lowest BCUT2D eigenvalue weighted by Gasteiger charge is -2.10. The molecule has 0 saturated heterocycles. The number of carbonyl (C=O) groups excluding carboxylic acids is 2. The van der Waals surface area contributed by atoms with Crippen molar-refractivity contribution in [2.45, 2.75) is 20.4 Å². The van der Waals surface area contributed by atoms with Gasteiger partial charge in [-0.05, 0) is 60.9 Å². The Bertz CT molecular complexity index is 962. The van der Waals surface area contributed by atoms with E-state index in [1.807, 2.05) is 62.4 Å². The van der Waals surface area contributed by atoms with E-state index in [0.29, 0.717) is 17.7 Å². The van der Waals surface area contributed by atoms with Crippen LogP contribution in [0.5, 0.6) is 0 Å². The van der Waals surface area contributed by atoms with E-state index in [0.717, 1.165) is 22.4 Å². The molecule has 0 bridgehead atoms. The van der Waals surface area contributed by atoms with Crippen LogP contribution >= 0.6 is 0 Å². The molecule has 0 heterocycles. The molecular weight excluding hydrogens is 336 g/mol. The maximum atomic E-state index is 12.4. The lowest BCUT2D eigenvalue weighted by atomic mass is 10.1. The lowest BCUT2D eigenvalue weighted by molar-refractivity contribution is 0.0949. The molecule has 0 unspecified atom stereocenters. The number of para-hydroxylation sites is 1. The highest BCUT2D eigenvalue weighted by Gasteiger charge is 2.10. The first kappa shape index (κ1) is 18.4. The van der Waals surface area contributed by atoms with E-state index in [-0.39, 0.29) is 11.8 Å². The van der Waals surface area contributed by atoms with Gasteiger partial charge in [0.1, 0.15) is 0 Å². The van der Waals surface area contributed by atoms with Crippen LogP contribution in [0.4, 0.5) is 5.69 Å². The van der Waals surface area contributed by atoms with Gasteiger partial charge in [-0.2, -0.15) is 0 Å². The number of hydrogen-bond donors (Lipinski definition) is 2. The molecule has 0 aliphatic heterocycles. The minimum absolute atomic E-state index is 0.163. The van der Waals surface area contributed by atoms with E-state index >= 15 is 0 Å². The molecule has 0 saturated carbocycles. The maximum Gasteiger partial charge on any atom is 0.255 e. The third-order valence-electron chi connectivity index (χ3n) is 4.50. The van der Waals surface area contributed by atoms with Crippen LogP contribution < -0.4 is 10.6 Å². The van der Waals surface area contributed by atoms with Gasteiger partial charge in [0.2, 0.25) is 0 Å². The molecule has 3 aromatic rings. The fourth-order valence-corrected chi connectivity index (χ4v) is 2.77. The summed E-state index contributed by atoms with van der Waals surface area (Å²) in [6.45, 7) is 4.43. The monoisotopic (exact) mass is 358 g/mol. The van der Waals surface area contributed by atoms with Gasteiger partial charge in [0.05, 0.1) is 0 Å². The number of carbonyl (C=O) groups is 2. The summed E-state index contributed by atoms with van der Waals surface area (Å²) < 4.78 is 0. The Morgan fingerprint density at radius 2 is 1.26 bits per heavy atom. The summed E-state index contributed by atoms with van der Waals surface area (Å²) in [4.78, 5) is 24.7. The Morgan fingerprint density at radius 3 is 1.89 bits per heavy atom. The second-order valence-electron chi connectivity index (χ2n) is 6.46. The van der Waals surface area contributed by atoms with Crippen LogP contribution in [-0.2, 0) is 6.54 Å². The number of aryl methyl sites for hydroxylation is 2.